The molecule has 20 heavy (non-hydrogen) atoms. The van der Waals surface area contributed by atoms with Crippen molar-refractivity contribution in [2.75, 3.05) is 0 Å². The van der Waals surface area contributed by atoms with E-state index in [1.165, 1.54) is 0 Å². The van der Waals surface area contributed by atoms with E-state index in [9.17, 15) is 4.79 Å². The molecule has 2 nitrogen and oxygen atoms in total. The number of ketones is 1. The predicted molar refractivity (Wildman–Crippen MR) is 85.2 cm³/mol. The predicted octanol–water partition coefficient (Wildman–Crippen LogP) is 4.77. The van der Waals surface area contributed by atoms with Crippen molar-refractivity contribution >= 4 is 34.5 Å². The largest absolute Gasteiger partial charge is 0.289 e. The van der Waals surface area contributed by atoms with Crippen LogP contribution in [0.5, 0.6) is 0 Å². The number of thiophene rings is 1. The molecule has 0 aliphatic rings. The molecular formula is C16H11NOS2. The van der Waals surface area contributed by atoms with Crippen molar-refractivity contribution < 1.29 is 4.79 Å². The number of hydrogen-bond acceptors (Lipinski definition) is 4. The van der Waals surface area contributed by atoms with Crippen LogP contribution in [0, 0.1) is 0 Å². The first-order valence-corrected chi connectivity index (χ1v) is 7.91. The second kappa shape index (κ2) is 5.94. The fourth-order valence-corrected chi connectivity index (χ4v) is 3.24. The van der Waals surface area contributed by atoms with Crippen molar-refractivity contribution in [3.63, 3.8) is 0 Å². The number of nitrogens with zero attached hydrogens (tertiary/aromatic N) is 1. The van der Waals surface area contributed by atoms with Gasteiger partial charge in [0, 0.05) is 21.9 Å². The van der Waals surface area contributed by atoms with Crippen LogP contribution in [0.25, 0.3) is 16.6 Å². The van der Waals surface area contributed by atoms with Crippen molar-refractivity contribution in [3.05, 3.63) is 69.9 Å². The molecule has 0 amide bonds. The van der Waals surface area contributed by atoms with E-state index in [1.54, 1.807) is 34.8 Å². The fourth-order valence-electron chi connectivity index (χ4n) is 1.74. The van der Waals surface area contributed by atoms with Crippen LogP contribution in [0.4, 0.5) is 0 Å². The highest BCUT2D eigenvalue weighted by Gasteiger charge is 2.04. The van der Waals surface area contributed by atoms with Gasteiger partial charge in [0.1, 0.15) is 5.01 Å². The molecule has 0 saturated carbocycles. The molecule has 3 aromatic rings. The minimum Gasteiger partial charge on any atom is -0.289 e. The van der Waals surface area contributed by atoms with Gasteiger partial charge in [-0.05, 0) is 23.6 Å². The van der Waals surface area contributed by atoms with E-state index in [0.717, 1.165) is 16.3 Å². The van der Waals surface area contributed by atoms with Crippen LogP contribution in [0.1, 0.15) is 16.1 Å². The summed E-state index contributed by atoms with van der Waals surface area (Å²) in [4.78, 5) is 16.4. The summed E-state index contributed by atoms with van der Waals surface area (Å²) in [7, 11) is 0. The Balaban J connectivity index is 1.75. The number of allylic oxidation sites excluding steroid dienone is 1. The van der Waals surface area contributed by atoms with Gasteiger partial charge in [-0.1, -0.05) is 30.3 Å². The van der Waals surface area contributed by atoms with Gasteiger partial charge in [0.05, 0.1) is 5.69 Å². The highest BCUT2D eigenvalue weighted by atomic mass is 32.1. The maximum atomic E-state index is 11.9. The molecule has 0 aliphatic heterocycles. The minimum absolute atomic E-state index is 0.00400. The van der Waals surface area contributed by atoms with Gasteiger partial charge in [-0.2, -0.15) is 11.3 Å². The van der Waals surface area contributed by atoms with Gasteiger partial charge in [0.15, 0.2) is 5.78 Å². The van der Waals surface area contributed by atoms with Gasteiger partial charge in [-0.25, -0.2) is 4.98 Å². The lowest BCUT2D eigenvalue weighted by atomic mass is 10.1. The van der Waals surface area contributed by atoms with Crippen LogP contribution in [0.2, 0.25) is 0 Å². The number of benzene rings is 1. The van der Waals surface area contributed by atoms with Gasteiger partial charge < -0.3 is 0 Å². The van der Waals surface area contributed by atoms with E-state index in [1.807, 2.05) is 47.2 Å². The van der Waals surface area contributed by atoms with Gasteiger partial charge in [-0.3, -0.25) is 4.79 Å². The smallest absolute Gasteiger partial charge is 0.185 e. The second-order valence-corrected chi connectivity index (χ2v) is 5.79. The lowest BCUT2D eigenvalue weighted by Gasteiger charge is -1.93. The van der Waals surface area contributed by atoms with Crippen molar-refractivity contribution in [1.82, 2.24) is 4.98 Å². The first kappa shape index (κ1) is 13.0. The molecule has 0 aliphatic carbocycles. The first-order chi connectivity index (χ1) is 9.83. The Hall–Kier alpha value is -2.04. The number of hydrogen-bond donors (Lipinski definition) is 0. The van der Waals surface area contributed by atoms with Crippen LogP contribution >= 0.6 is 22.7 Å². The average molecular weight is 297 g/mol. The van der Waals surface area contributed by atoms with Crippen LogP contribution in [-0.2, 0) is 0 Å². The quantitative estimate of drug-likeness (QED) is 0.513. The normalized spacial score (nSPS) is 11.0. The fraction of sp³-hybridized carbons (Fsp3) is 0. The van der Waals surface area contributed by atoms with Gasteiger partial charge in [-0.15, -0.1) is 11.3 Å². The zero-order chi connectivity index (χ0) is 13.8. The maximum Gasteiger partial charge on any atom is 0.185 e. The molecule has 0 spiro atoms. The molecule has 0 unspecified atom stereocenters. The first-order valence-electron chi connectivity index (χ1n) is 6.08. The molecule has 2 heterocycles. The summed E-state index contributed by atoms with van der Waals surface area (Å²) in [6.07, 6.45) is 3.34. The summed E-state index contributed by atoms with van der Waals surface area (Å²) in [6.45, 7) is 0. The molecule has 0 fully saturated rings. The summed E-state index contributed by atoms with van der Waals surface area (Å²) < 4.78 is 0. The molecule has 0 atom stereocenters. The Bertz CT molecular complexity index is 727. The molecule has 2 aromatic heterocycles. The molecular weight excluding hydrogens is 286 g/mol. The summed E-state index contributed by atoms with van der Waals surface area (Å²) in [5, 5.41) is 7.05. The maximum absolute atomic E-state index is 11.9. The summed E-state index contributed by atoms with van der Waals surface area (Å²) in [5.74, 6) is -0.00400. The third kappa shape index (κ3) is 2.92. The van der Waals surface area contributed by atoms with Crippen molar-refractivity contribution in [1.29, 1.82) is 0 Å². The van der Waals surface area contributed by atoms with Crippen LogP contribution in [-0.4, -0.2) is 10.8 Å². The van der Waals surface area contributed by atoms with E-state index in [4.69, 9.17) is 0 Å². The number of thiazole rings is 1. The molecule has 0 saturated heterocycles. The van der Waals surface area contributed by atoms with Crippen molar-refractivity contribution in [2.24, 2.45) is 0 Å². The summed E-state index contributed by atoms with van der Waals surface area (Å²) >= 11 is 3.24. The molecule has 1 aromatic carbocycles. The molecule has 0 bridgehead atoms. The van der Waals surface area contributed by atoms with E-state index in [2.05, 4.69) is 10.4 Å². The van der Waals surface area contributed by atoms with E-state index >= 15 is 0 Å². The summed E-state index contributed by atoms with van der Waals surface area (Å²) in [6, 6.07) is 11.3. The molecule has 4 heteroatoms. The SMILES string of the molecule is O=C(C=Cc1csc(-c2ccsc2)n1)c1ccccc1. The van der Waals surface area contributed by atoms with E-state index in [-0.39, 0.29) is 5.78 Å². The number of aromatic nitrogens is 1. The third-order valence-electron chi connectivity index (χ3n) is 2.75. The standard InChI is InChI=1S/C16H11NOS2/c18-15(12-4-2-1-3-5-12)7-6-14-11-20-16(17-14)13-8-9-19-10-13/h1-11H. The Labute approximate surface area is 125 Å². The second-order valence-electron chi connectivity index (χ2n) is 4.15. The third-order valence-corrected chi connectivity index (χ3v) is 4.35. The zero-order valence-electron chi connectivity index (χ0n) is 10.5. The number of carbonyl (C=O) groups excluding carboxylic acids is 1. The highest BCUT2D eigenvalue weighted by molar-refractivity contribution is 7.14. The van der Waals surface area contributed by atoms with Crippen LogP contribution in [0.15, 0.2) is 58.6 Å². The minimum atomic E-state index is -0.00400. The molecule has 98 valence electrons. The number of rotatable bonds is 4. The summed E-state index contributed by atoms with van der Waals surface area (Å²) in [5.41, 5.74) is 2.64. The molecule has 0 N–H and O–H groups in total. The van der Waals surface area contributed by atoms with Gasteiger partial charge >= 0.3 is 0 Å². The topological polar surface area (TPSA) is 30.0 Å². The number of carbonyl (C=O) groups is 1. The Kier molecular flexibility index (Phi) is 3.85. The van der Waals surface area contributed by atoms with Crippen molar-refractivity contribution in [2.45, 2.75) is 0 Å². The van der Waals surface area contributed by atoms with E-state index in [0.29, 0.717) is 5.56 Å². The average Bonchev–Trinajstić information content (AvgIpc) is 3.16. The molecule has 3 rings (SSSR count). The lowest BCUT2D eigenvalue weighted by molar-refractivity contribution is 0.104. The highest BCUT2D eigenvalue weighted by Crippen LogP contribution is 2.26. The van der Waals surface area contributed by atoms with Crippen LogP contribution in [0.3, 0.4) is 0 Å². The van der Waals surface area contributed by atoms with Crippen molar-refractivity contribution in [3.8, 4) is 10.6 Å². The Morgan fingerprint density at radius 3 is 2.70 bits per heavy atom. The zero-order valence-corrected chi connectivity index (χ0v) is 12.2. The van der Waals surface area contributed by atoms with Gasteiger partial charge in [0.25, 0.3) is 0 Å². The van der Waals surface area contributed by atoms with Crippen LogP contribution < -0.4 is 0 Å². The Morgan fingerprint density at radius 2 is 1.95 bits per heavy atom. The Morgan fingerprint density at radius 1 is 1.10 bits per heavy atom. The van der Waals surface area contributed by atoms with Gasteiger partial charge in [0.2, 0.25) is 0 Å². The van der Waals surface area contributed by atoms with E-state index < -0.39 is 0 Å². The monoisotopic (exact) mass is 297 g/mol. The lowest BCUT2D eigenvalue weighted by Crippen LogP contribution is -1.92. The molecule has 0 radical (unpaired) electrons.